The van der Waals surface area contributed by atoms with Crippen molar-refractivity contribution in [3.63, 3.8) is 0 Å². The fraction of sp³-hybridized carbons (Fsp3) is 0.733. The average Bonchev–Trinajstić information content (AvgIpc) is 2.43. The molecule has 20 heavy (non-hydrogen) atoms. The predicted octanol–water partition coefficient (Wildman–Crippen LogP) is 3.98. The zero-order chi connectivity index (χ0) is 15.2. The van der Waals surface area contributed by atoms with E-state index in [1.165, 1.54) is 0 Å². The summed E-state index contributed by atoms with van der Waals surface area (Å²) in [5.41, 5.74) is 0. The zero-order valence-electron chi connectivity index (χ0n) is 13.6. The van der Waals surface area contributed by atoms with E-state index in [9.17, 15) is 0 Å². The highest BCUT2D eigenvalue weighted by Gasteiger charge is 2.16. The fourth-order valence-corrected chi connectivity index (χ4v) is 1.75. The molecule has 0 aliphatic carbocycles. The number of anilines is 2. The van der Waals surface area contributed by atoms with Crippen LogP contribution in [0.25, 0.3) is 0 Å². The molecule has 0 saturated carbocycles. The molecule has 1 aromatic heterocycles. The summed E-state index contributed by atoms with van der Waals surface area (Å²) in [6.45, 7) is 12.7. The fourth-order valence-electron chi connectivity index (χ4n) is 1.53. The Morgan fingerprint density at radius 2 is 1.80 bits per heavy atom. The minimum Gasteiger partial charge on any atom is -0.370 e. The van der Waals surface area contributed by atoms with E-state index in [1.54, 1.807) is 0 Å². The summed E-state index contributed by atoms with van der Waals surface area (Å²) in [4.78, 5) is 9.17. The van der Waals surface area contributed by atoms with E-state index < -0.39 is 0 Å². The number of hydrogen-bond donors (Lipinski definition) is 2. The van der Waals surface area contributed by atoms with Crippen LogP contribution in [-0.4, -0.2) is 34.1 Å². The Morgan fingerprint density at radius 3 is 2.30 bits per heavy atom. The molecule has 0 saturated heterocycles. The highest BCUT2D eigenvalue weighted by Crippen LogP contribution is 2.23. The molecule has 0 radical (unpaired) electrons. The van der Waals surface area contributed by atoms with E-state index in [4.69, 9.17) is 0 Å². The Labute approximate surface area is 127 Å². The van der Waals surface area contributed by atoms with E-state index in [0.717, 1.165) is 37.0 Å². The Kier molecular flexibility index (Phi) is 6.59. The summed E-state index contributed by atoms with van der Waals surface area (Å²) in [6.07, 6.45) is 3.22. The van der Waals surface area contributed by atoms with Crippen LogP contribution in [0.1, 0.15) is 52.8 Å². The second-order valence-corrected chi connectivity index (χ2v) is 7.41. The standard InChI is InChI=1S/C15H28N4S/c1-7-8-16-12-9-13(17-10-15(4,5)20-6)19-14(18-12)11(2)3/h9,11H,7-8,10H2,1-6H3,(H2,16,17,18,19). The summed E-state index contributed by atoms with van der Waals surface area (Å²) >= 11 is 1.85. The van der Waals surface area contributed by atoms with Crippen LogP contribution in [0.4, 0.5) is 11.6 Å². The van der Waals surface area contributed by atoms with E-state index in [2.05, 4.69) is 61.5 Å². The normalized spacial score (nSPS) is 11.8. The zero-order valence-corrected chi connectivity index (χ0v) is 14.4. The van der Waals surface area contributed by atoms with Gasteiger partial charge in [0.2, 0.25) is 0 Å². The lowest BCUT2D eigenvalue weighted by atomic mass is 10.2. The molecule has 0 fully saturated rings. The summed E-state index contributed by atoms with van der Waals surface area (Å²) in [5.74, 6) is 3.03. The van der Waals surface area contributed by atoms with Crippen LogP contribution in [0.15, 0.2) is 6.07 Å². The molecule has 0 amide bonds. The van der Waals surface area contributed by atoms with Gasteiger partial charge in [-0.05, 0) is 26.5 Å². The number of thioether (sulfide) groups is 1. The minimum atomic E-state index is 0.194. The molecule has 0 spiro atoms. The van der Waals surface area contributed by atoms with Gasteiger partial charge in [0.1, 0.15) is 17.5 Å². The number of nitrogens with zero attached hydrogens (tertiary/aromatic N) is 2. The van der Waals surface area contributed by atoms with E-state index in [0.29, 0.717) is 5.92 Å². The van der Waals surface area contributed by atoms with Gasteiger partial charge in [-0.25, -0.2) is 9.97 Å². The third-order valence-corrected chi connectivity index (χ3v) is 4.31. The largest absolute Gasteiger partial charge is 0.370 e. The third-order valence-electron chi connectivity index (χ3n) is 3.06. The Balaban J connectivity index is 2.85. The maximum atomic E-state index is 4.61. The van der Waals surface area contributed by atoms with Crippen molar-refractivity contribution in [2.45, 2.75) is 51.7 Å². The molecule has 1 rings (SSSR count). The van der Waals surface area contributed by atoms with Gasteiger partial charge in [-0.3, -0.25) is 0 Å². The lowest BCUT2D eigenvalue weighted by molar-refractivity contribution is 0.740. The van der Waals surface area contributed by atoms with E-state index in [-0.39, 0.29) is 4.75 Å². The highest BCUT2D eigenvalue weighted by molar-refractivity contribution is 7.99. The van der Waals surface area contributed by atoms with Crippen molar-refractivity contribution in [2.75, 3.05) is 30.0 Å². The van der Waals surface area contributed by atoms with Gasteiger partial charge < -0.3 is 10.6 Å². The first-order valence-electron chi connectivity index (χ1n) is 7.30. The molecule has 1 heterocycles. The molecule has 0 aliphatic heterocycles. The number of hydrogen-bond acceptors (Lipinski definition) is 5. The molecule has 114 valence electrons. The second kappa shape index (κ2) is 7.72. The summed E-state index contributed by atoms with van der Waals surface area (Å²) < 4.78 is 0.194. The van der Waals surface area contributed by atoms with Crippen LogP contribution in [-0.2, 0) is 0 Å². The van der Waals surface area contributed by atoms with Crippen LogP contribution in [0.5, 0.6) is 0 Å². The van der Waals surface area contributed by atoms with Crippen molar-refractivity contribution < 1.29 is 0 Å². The van der Waals surface area contributed by atoms with Crippen molar-refractivity contribution in [1.82, 2.24) is 9.97 Å². The molecule has 5 heteroatoms. The lowest BCUT2D eigenvalue weighted by Crippen LogP contribution is -2.26. The molecular weight excluding hydrogens is 268 g/mol. The van der Waals surface area contributed by atoms with Gasteiger partial charge >= 0.3 is 0 Å². The highest BCUT2D eigenvalue weighted by atomic mass is 32.2. The van der Waals surface area contributed by atoms with Crippen LogP contribution in [0.3, 0.4) is 0 Å². The monoisotopic (exact) mass is 296 g/mol. The van der Waals surface area contributed by atoms with Gasteiger partial charge in [0.15, 0.2) is 0 Å². The topological polar surface area (TPSA) is 49.8 Å². The molecule has 2 N–H and O–H groups in total. The molecule has 0 atom stereocenters. The van der Waals surface area contributed by atoms with Crippen LogP contribution >= 0.6 is 11.8 Å². The van der Waals surface area contributed by atoms with Gasteiger partial charge in [-0.1, -0.05) is 20.8 Å². The number of nitrogens with one attached hydrogen (secondary N) is 2. The van der Waals surface area contributed by atoms with Crippen molar-refractivity contribution in [2.24, 2.45) is 0 Å². The molecule has 1 aromatic rings. The van der Waals surface area contributed by atoms with Gasteiger partial charge in [0, 0.05) is 29.8 Å². The van der Waals surface area contributed by atoms with Crippen LogP contribution in [0, 0.1) is 0 Å². The van der Waals surface area contributed by atoms with Gasteiger partial charge in [-0.2, -0.15) is 11.8 Å². The van der Waals surface area contributed by atoms with Gasteiger partial charge in [-0.15, -0.1) is 0 Å². The maximum absolute atomic E-state index is 4.61. The Bertz CT molecular complexity index is 418. The Morgan fingerprint density at radius 1 is 1.20 bits per heavy atom. The maximum Gasteiger partial charge on any atom is 0.135 e. The number of aromatic nitrogens is 2. The molecule has 0 aliphatic rings. The lowest BCUT2D eigenvalue weighted by Gasteiger charge is -2.23. The number of rotatable bonds is 8. The predicted molar refractivity (Wildman–Crippen MR) is 91.0 cm³/mol. The Hall–Kier alpha value is -0.970. The van der Waals surface area contributed by atoms with E-state index in [1.807, 2.05) is 17.8 Å². The third kappa shape index (κ3) is 5.57. The average molecular weight is 296 g/mol. The van der Waals surface area contributed by atoms with Crippen LogP contribution < -0.4 is 10.6 Å². The summed E-state index contributed by atoms with van der Waals surface area (Å²) in [5, 5.41) is 6.78. The molecule has 0 aromatic carbocycles. The van der Waals surface area contributed by atoms with Crippen molar-refractivity contribution in [3.8, 4) is 0 Å². The molecule has 0 unspecified atom stereocenters. The van der Waals surface area contributed by atoms with Crippen LogP contribution in [0.2, 0.25) is 0 Å². The smallest absolute Gasteiger partial charge is 0.135 e. The quantitative estimate of drug-likeness (QED) is 0.760. The SMILES string of the molecule is CCCNc1cc(NCC(C)(C)SC)nc(C(C)C)n1. The molecule has 4 nitrogen and oxygen atoms in total. The second-order valence-electron chi connectivity index (χ2n) is 5.90. The first-order chi connectivity index (χ1) is 9.38. The van der Waals surface area contributed by atoms with E-state index >= 15 is 0 Å². The molecule has 0 bridgehead atoms. The summed E-state index contributed by atoms with van der Waals surface area (Å²) in [6, 6.07) is 2.00. The van der Waals surface area contributed by atoms with Crippen molar-refractivity contribution in [1.29, 1.82) is 0 Å². The minimum absolute atomic E-state index is 0.194. The van der Waals surface area contributed by atoms with Gasteiger partial charge in [0.05, 0.1) is 0 Å². The van der Waals surface area contributed by atoms with Gasteiger partial charge in [0.25, 0.3) is 0 Å². The first-order valence-corrected chi connectivity index (χ1v) is 8.52. The molecular formula is C15H28N4S. The van der Waals surface area contributed by atoms with Crippen molar-refractivity contribution >= 4 is 23.4 Å². The summed E-state index contributed by atoms with van der Waals surface area (Å²) in [7, 11) is 0. The van der Waals surface area contributed by atoms with Crippen molar-refractivity contribution in [3.05, 3.63) is 11.9 Å². The first kappa shape index (κ1) is 17.1.